The molecule has 2 aromatic rings. The van der Waals surface area contributed by atoms with Crippen molar-refractivity contribution in [1.29, 1.82) is 0 Å². The van der Waals surface area contributed by atoms with Crippen LogP contribution in [0.4, 0.5) is 5.82 Å². The Labute approximate surface area is 117 Å². The minimum atomic E-state index is 0.327. The second kappa shape index (κ2) is 6.83. The van der Waals surface area contributed by atoms with Crippen LogP contribution in [0.5, 0.6) is 5.75 Å². The number of aryl methyl sites for hydroxylation is 1. The molecular formula is C14H18N4O2. The molecule has 20 heavy (non-hydrogen) atoms. The van der Waals surface area contributed by atoms with Gasteiger partial charge in [-0.25, -0.2) is 15.8 Å². The predicted molar refractivity (Wildman–Crippen MR) is 76.1 cm³/mol. The highest BCUT2D eigenvalue weighted by Gasteiger charge is 2.02. The van der Waals surface area contributed by atoms with Crippen molar-refractivity contribution in [2.75, 3.05) is 12.5 Å². The maximum atomic E-state index is 5.61. The molecule has 6 nitrogen and oxygen atoms in total. The first kappa shape index (κ1) is 14.2. The Morgan fingerprint density at radius 1 is 1.20 bits per heavy atom. The Morgan fingerprint density at radius 3 is 2.80 bits per heavy atom. The first-order chi connectivity index (χ1) is 9.71. The van der Waals surface area contributed by atoms with Crippen molar-refractivity contribution in [3.05, 3.63) is 47.4 Å². The average Bonchev–Trinajstić information content (AvgIpc) is 2.47. The molecule has 0 aliphatic carbocycles. The van der Waals surface area contributed by atoms with Gasteiger partial charge in [0, 0.05) is 11.8 Å². The highest BCUT2D eigenvalue weighted by atomic mass is 16.5. The Kier molecular flexibility index (Phi) is 4.86. The van der Waals surface area contributed by atoms with Crippen molar-refractivity contribution in [1.82, 2.24) is 9.97 Å². The number of nitrogen functional groups attached to an aromatic ring is 1. The zero-order valence-corrected chi connectivity index (χ0v) is 11.6. The van der Waals surface area contributed by atoms with Gasteiger partial charge in [0.05, 0.1) is 13.7 Å². The molecule has 0 spiro atoms. The third-order valence-corrected chi connectivity index (χ3v) is 2.68. The molecule has 2 rings (SSSR count). The molecule has 0 atom stereocenters. The quantitative estimate of drug-likeness (QED) is 0.617. The highest BCUT2D eigenvalue weighted by molar-refractivity contribution is 5.33. The minimum absolute atomic E-state index is 0.327. The van der Waals surface area contributed by atoms with Crippen LogP contribution in [0, 0.1) is 6.92 Å². The van der Waals surface area contributed by atoms with Crippen LogP contribution in [0.3, 0.4) is 0 Å². The van der Waals surface area contributed by atoms with E-state index in [-0.39, 0.29) is 0 Å². The van der Waals surface area contributed by atoms with E-state index in [2.05, 4.69) is 15.4 Å². The summed E-state index contributed by atoms with van der Waals surface area (Å²) >= 11 is 0. The fourth-order valence-corrected chi connectivity index (χ4v) is 1.79. The van der Waals surface area contributed by atoms with Crippen molar-refractivity contribution in [3.63, 3.8) is 0 Å². The lowest BCUT2D eigenvalue weighted by Crippen LogP contribution is -2.11. The van der Waals surface area contributed by atoms with Crippen LogP contribution in [-0.4, -0.2) is 17.1 Å². The third kappa shape index (κ3) is 3.91. The minimum Gasteiger partial charge on any atom is -0.497 e. The molecule has 0 unspecified atom stereocenters. The van der Waals surface area contributed by atoms with Crippen molar-refractivity contribution in [2.45, 2.75) is 20.1 Å². The molecule has 0 aliphatic heterocycles. The van der Waals surface area contributed by atoms with Crippen molar-refractivity contribution in [3.8, 4) is 5.75 Å². The van der Waals surface area contributed by atoms with E-state index in [1.807, 2.05) is 31.2 Å². The molecule has 0 saturated carbocycles. The second-order valence-electron chi connectivity index (χ2n) is 4.30. The molecule has 0 amide bonds. The lowest BCUT2D eigenvalue weighted by molar-refractivity contribution is 0.101. The molecule has 0 radical (unpaired) electrons. The second-order valence-corrected chi connectivity index (χ2v) is 4.30. The number of anilines is 1. The van der Waals surface area contributed by atoms with E-state index in [1.165, 1.54) is 0 Å². The molecule has 1 heterocycles. The van der Waals surface area contributed by atoms with E-state index in [0.29, 0.717) is 24.9 Å². The summed E-state index contributed by atoms with van der Waals surface area (Å²) in [6.45, 7) is 2.68. The molecule has 0 saturated heterocycles. The van der Waals surface area contributed by atoms with E-state index < -0.39 is 0 Å². The lowest BCUT2D eigenvalue weighted by Gasteiger charge is -2.07. The Balaban J connectivity index is 1.93. The van der Waals surface area contributed by atoms with Crippen LogP contribution in [0.2, 0.25) is 0 Å². The van der Waals surface area contributed by atoms with Crippen LogP contribution in [-0.2, 0) is 18.0 Å². The SMILES string of the molecule is COc1cccc(COCc2nc(C)cc(NN)n2)c1. The fraction of sp³-hybridized carbons (Fsp3) is 0.286. The van der Waals surface area contributed by atoms with Crippen molar-refractivity contribution in [2.24, 2.45) is 5.84 Å². The summed E-state index contributed by atoms with van der Waals surface area (Å²) in [5, 5.41) is 0. The van der Waals surface area contributed by atoms with Gasteiger partial charge in [-0.2, -0.15) is 0 Å². The Hall–Kier alpha value is -2.18. The number of aromatic nitrogens is 2. The maximum Gasteiger partial charge on any atom is 0.156 e. The largest absolute Gasteiger partial charge is 0.497 e. The van der Waals surface area contributed by atoms with Crippen LogP contribution in [0.25, 0.3) is 0 Å². The predicted octanol–water partition coefficient (Wildman–Crippen LogP) is 1.80. The van der Waals surface area contributed by atoms with Gasteiger partial charge in [-0.05, 0) is 24.6 Å². The third-order valence-electron chi connectivity index (χ3n) is 2.68. The van der Waals surface area contributed by atoms with E-state index in [4.69, 9.17) is 15.3 Å². The normalized spacial score (nSPS) is 10.3. The fourth-order valence-electron chi connectivity index (χ4n) is 1.79. The van der Waals surface area contributed by atoms with Gasteiger partial charge in [-0.3, -0.25) is 0 Å². The smallest absolute Gasteiger partial charge is 0.156 e. The number of nitrogens with one attached hydrogen (secondary N) is 1. The van der Waals surface area contributed by atoms with Gasteiger partial charge in [-0.15, -0.1) is 0 Å². The van der Waals surface area contributed by atoms with Crippen LogP contribution in [0.15, 0.2) is 30.3 Å². The first-order valence-electron chi connectivity index (χ1n) is 6.23. The van der Waals surface area contributed by atoms with E-state index >= 15 is 0 Å². The topological polar surface area (TPSA) is 82.3 Å². The van der Waals surface area contributed by atoms with Gasteiger partial charge >= 0.3 is 0 Å². The number of rotatable bonds is 6. The standard InChI is InChI=1S/C14H18N4O2/c1-10-6-13(18-15)17-14(16-10)9-20-8-11-4-3-5-12(7-11)19-2/h3-7H,8-9,15H2,1-2H3,(H,16,17,18). The number of hydrogen-bond donors (Lipinski definition) is 2. The average molecular weight is 274 g/mol. The summed E-state index contributed by atoms with van der Waals surface area (Å²) in [5.41, 5.74) is 4.39. The number of ether oxygens (including phenoxy) is 2. The molecule has 0 aliphatic rings. The van der Waals surface area contributed by atoms with Gasteiger partial charge in [-0.1, -0.05) is 12.1 Å². The first-order valence-corrected chi connectivity index (χ1v) is 6.23. The zero-order valence-electron chi connectivity index (χ0n) is 11.6. The number of benzene rings is 1. The molecule has 106 valence electrons. The van der Waals surface area contributed by atoms with Crippen molar-refractivity contribution < 1.29 is 9.47 Å². The van der Waals surface area contributed by atoms with Gasteiger partial charge in [0.2, 0.25) is 0 Å². The van der Waals surface area contributed by atoms with Gasteiger partial charge in [0.1, 0.15) is 18.2 Å². The summed E-state index contributed by atoms with van der Waals surface area (Å²) in [4.78, 5) is 8.51. The van der Waals surface area contributed by atoms with Gasteiger partial charge in [0.15, 0.2) is 5.82 Å². The summed E-state index contributed by atoms with van der Waals surface area (Å²) in [7, 11) is 1.64. The molecule has 1 aromatic heterocycles. The van der Waals surface area contributed by atoms with Crippen molar-refractivity contribution >= 4 is 5.82 Å². The maximum absolute atomic E-state index is 5.61. The molecule has 3 N–H and O–H groups in total. The molecule has 0 bridgehead atoms. The van der Waals surface area contributed by atoms with Crippen LogP contribution in [0.1, 0.15) is 17.1 Å². The summed E-state index contributed by atoms with van der Waals surface area (Å²) in [6.07, 6.45) is 0. The van der Waals surface area contributed by atoms with Crippen LogP contribution >= 0.6 is 0 Å². The number of hydrazine groups is 1. The number of nitrogens with zero attached hydrogens (tertiary/aromatic N) is 2. The number of methoxy groups -OCH3 is 1. The van der Waals surface area contributed by atoms with Crippen LogP contribution < -0.4 is 16.0 Å². The van der Waals surface area contributed by atoms with E-state index in [0.717, 1.165) is 17.0 Å². The molecular weight excluding hydrogens is 256 g/mol. The zero-order chi connectivity index (χ0) is 14.4. The van der Waals surface area contributed by atoms with Gasteiger partial charge in [0.25, 0.3) is 0 Å². The monoisotopic (exact) mass is 274 g/mol. The Bertz CT molecular complexity index is 575. The molecule has 1 aromatic carbocycles. The summed E-state index contributed by atoms with van der Waals surface area (Å²) in [5.74, 6) is 7.34. The number of hydrogen-bond acceptors (Lipinski definition) is 6. The van der Waals surface area contributed by atoms with E-state index in [9.17, 15) is 0 Å². The van der Waals surface area contributed by atoms with Gasteiger partial charge < -0.3 is 14.9 Å². The Morgan fingerprint density at radius 2 is 2.05 bits per heavy atom. The molecule has 6 heteroatoms. The van der Waals surface area contributed by atoms with E-state index in [1.54, 1.807) is 13.2 Å². The summed E-state index contributed by atoms with van der Waals surface area (Å²) in [6, 6.07) is 9.51. The summed E-state index contributed by atoms with van der Waals surface area (Å²) < 4.78 is 10.8. The highest BCUT2D eigenvalue weighted by Crippen LogP contribution is 2.14. The number of nitrogens with two attached hydrogens (primary N) is 1. The lowest BCUT2D eigenvalue weighted by atomic mass is 10.2. The molecule has 0 fully saturated rings.